The lowest BCUT2D eigenvalue weighted by molar-refractivity contribution is -0.117. The zero-order chi connectivity index (χ0) is 16.1. The van der Waals surface area contributed by atoms with Crippen LogP contribution in [0.4, 0.5) is 10.5 Å². The number of ether oxygens (including phenoxy) is 1. The summed E-state index contributed by atoms with van der Waals surface area (Å²) in [4.78, 5) is 35.3. The lowest BCUT2D eigenvalue weighted by Gasteiger charge is -2.15. The van der Waals surface area contributed by atoms with Crippen LogP contribution >= 0.6 is 0 Å². The number of carbonyl (C=O) groups is 3. The fourth-order valence-electron chi connectivity index (χ4n) is 2.33. The van der Waals surface area contributed by atoms with Crippen LogP contribution in [0, 0.1) is 0 Å². The molecule has 22 heavy (non-hydrogen) atoms. The maximum absolute atomic E-state index is 12.1. The van der Waals surface area contributed by atoms with Crippen LogP contribution in [-0.2, 0) is 16.0 Å². The summed E-state index contributed by atoms with van der Waals surface area (Å²) in [6.07, 6.45) is 1.02. The molecule has 2 rings (SSSR count). The largest absolute Gasteiger partial charge is 0.465 e. The van der Waals surface area contributed by atoms with Gasteiger partial charge >= 0.3 is 12.0 Å². The van der Waals surface area contributed by atoms with E-state index in [1.807, 2.05) is 0 Å². The number of hydrogen-bond acceptors (Lipinski definition) is 4. The number of esters is 1. The van der Waals surface area contributed by atoms with Crippen molar-refractivity contribution < 1.29 is 19.1 Å². The third-order valence-electron chi connectivity index (χ3n) is 3.45. The van der Waals surface area contributed by atoms with Crippen LogP contribution in [0.15, 0.2) is 18.2 Å². The van der Waals surface area contributed by atoms with Gasteiger partial charge in [0.05, 0.1) is 12.7 Å². The number of carbonyl (C=O) groups excluding carboxylic acids is 3. The Bertz CT molecular complexity index is 600. The minimum absolute atomic E-state index is 0.268. The van der Waals surface area contributed by atoms with E-state index in [-0.39, 0.29) is 11.9 Å². The Morgan fingerprint density at radius 1 is 1.41 bits per heavy atom. The van der Waals surface area contributed by atoms with Crippen LogP contribution in [0.1, 0.15) is 29.3 Å². The second kappa shape index (κ2) is 6.93. The van der Waals surface area contributed by atoms with Crippen molar-refractivity contribution >= 4 is 23.6 Å². The first kappa shape index (κ1) is 15.8. The Labute approximate surface area is 128 Å². The summed E-state index contributed by atoms with van der Waals surface area (Å²) in [5, 5.41) is 8.01. The smallest absolute Gasteiger partial charge is 0.337 e. The molecule has 0 saturated heterocycles. The number of methoxy groups -OCH3 is 1. The number of rotatable bonds is 3. The predicted octanol–water partition coefficient (Wildman–Crippen LogP) is 1.05. The Kier molecular flexibility index (Phi) is 4.98. The number of amides is 3. The first-order valence-corrected chi connectivity index (χ1v) is 7.11. The van der Waals surface area contributed by atoms with Crippen molar-refractivity contribution in [3.05, 3.63) is 29.3 Å². The van der Waals surface area contributed by atoms with Gasteiger partial charge in [-0.2, -0.15) is 0 Å². The molecule has 0 aliphatic carbocycles. The summed E-state index contributed by atoms with van der Waals surface area (Å²) < 4.78 is 4.69. The average molecular weight is 305 g/mol. The first-order valence-electron chi connectivity index (χ1n) is 7.11. The Morgan fingerprint density at radius 2 is 2.18 bits per heavy atom. The summed E-state index contributed by atoms with van der Waals surface area (Å²) in [5.41, 5.74) is 1.93. The second-order valence-corrected chi connectivity index (χ2v) is 4.95. The topological polar surface area (TPSA) is 96.5 Å². The number of urea groups is 1. The summed E-state index contributed by atoms with van der Waals surface area (Å²) in [7, 11) is 1.32. The molecular formula is C15H19N3O4. The quantitative estimate of drug-likeness (QED) is 0.727. The number of aryl methyl sites for hydroxylation is 1. The fraction of sp³-hybridized carbons (Fsp3) is 0.400. The molecule has 1 heterocycles. The molecule has 118 valence electrons. The van der Waals surface area contributed by atoms with Crippen molar-refractivity contribution in [1.82, 2.24) is 10.6 Å². The van der Waals surface area contributed by atoms with Crippen molar-refractivity contribution in [2.24, 2.45) is 0 Å². The Hall–Kier alpha value is -2.57. The van der Waals surface area contributed by atoms with Gasteiger partial charge in [-0.3, -0.25) is 4.79 Å². The fourth-order valence-corrected chi connectivity index (χ4v) is 2.33. The molecule has 7 nitrogen and oxygen atoms in total. The van der Waals surface area contributed by atoms with Crippen molar-refractivity contribution in [3.8, 4) is 0 Å². The van der Waals surface area contributed by atoms with Gasteiger partial charge in [0, 0.05) is 12.2 Å². The number of hydrogen-bond donors (Lipinski definition) is 3. The molecule has 0 spiro atoms. The molecule has 1 aromatic carbocycles. The SMILES string of the molecule is CCNC(=O)NC1CCc2cc(C(=O)OC)ccc2NC1=O. The highest BCUT2D eigenvalue weighted by molar-refractivity contribution is 5.99. The lowest BCUT2D eigenvalue weighted by Crippen LogP contribution is -2.47. The highest BCUT2D eigenvalue weighted by atomic mass is 16.5. The molecule has 1 atom stereocenters. The van der Waals surface area contributed by atoms with Gasteiger partial charge in [-0.25, -0.2) is 9.59 Å². The maximum Gasteiger partial charge on any atom is 0.337 e. The minimum atomic E-state index is -0.611. The summed E-state index contributed by atoms with van der Waals surface area (Å²) in [5.74, 6) is -0.689. The van der Waals surface area contributed by atoms with Crippen LogP contribution in [0.25, 0.3) is 0 Å². The molecule has 0 aromatic heterocycles. The van der Waals surface area contributed by atoms with Crippen molar-refractivity contribution in [2.45, 2.75) is 25.8 Å². The van der Waals surface area contributed by atoms with Crippen LogP contribution < -0.4 is 16.0 Å². The molecule has 7 heteroatoms. The molecule has 3 N–H and O–H groups in total. The van der Waals surface area contributed by atoms with E-state index in [0.717, 1.165) is 5.56 Å². The van der Waals surface area contributed by atoms with Crippen molar-refractivity contribution in [3.63, 3.8) is 0 Å². The summed E-state index contributed by atoms with van der Waals surface area (Å²) in [6, 6.07) is 4.00. The molecule has 0 bridgehead atoms. The molecule has 1 unspecified atom stereocenters. The molecule has 0 radical (unpaired) electrons. The van der Waals surface area contributed by atoms with E-state index in [1.54, 1.807) is 25.1 Å². The van der Waals surface area contributed by atoms with E-state index >= 15 is 0 Å². The Morgan fingerprint density at radius 3 is 2.86 bits per heavy atom. The molecule has 1 aliphatic heterocycles. The van der Waals surface area contributed by atoms with Gasteiger partial charge in [0.2, 0.25) is 5.91 Å². The zero-order valence-corrected chi connectivity index (χ0v) is 12.6. The lowest BCUT2D eigenvalue weighted by atomic mass is 10.0. The molecular weight excluding hydrogens is 286 g/mol. The summed E-state index contributed by atoms with van der Waals surface area (Å²) >= 11 is 0. The minimum Gasteiger partial charge on any atom is -0.465 e. The zero-order valence-electron chi connectivity index (χ0n) is 12.6. The van der Waals surface area contributed by atoms with Gasteiger partial charge in [-0.15, -0.1) is 0 Å². The van der Waals surface area contributed by atoms with E-state index in [4.69, 9.17) is 0 Å². The third kappa shape index (κ3) is 3.55. The third-order valence-corrected chi connectivity index (χ3v) is 3.45. The van der Waals surface area contributed by atoms with Gasteiger partial charge in [0.1, 0.15) is 6.04 Å². The maximum atomic E-state index is 12.1. The van der Waals surface area contributed by atoms with Crippen molar-refractivity contribution in [2.75, 3.05) is 19.0 Å². The number of anilines is 1. The molecule has 1 aliphatic rings. The van der Waals surface area contributed by atoms with Gasteiger partial charge in [0.25, 0.3) is 0 Å². The normalized spacial score (nSPS) is 16.8. The predicted molar refractivity (Wildman–Crippen MR) is 80.7 cm³/mol. The number of benzene rings is 1. The van der Waals surface area contributed by atoms with E-state index in [1.165, 1.54) is 7.11 Å². The van der Waals surface area contributed by atoms with Crippen molar-refractivity contribution in [1.29, 1.82) is 0 Å². The molecule has 3 amide bonds. The van der Waals surface area contributed by atoms with E-state index < -0.39 is 12.0 Å². The average Bonchev–Trinajstić information content (AvgIpc) is 2.65. The Balaban J connectivity index is 2.14. The molecule has 1 aromatic rings. The highest BCUT2D eigenvalue weighted by Gasteiger charge is 2.25. The van der Waals surface area contributed by atoms with Gasteiger partial charge < -0.3 is 20.7 Å². The van der Waals surface area contributed by atoms with Crippen LogP contribution in [-0.4, -0.2) is 37.6 Å². The highest BCUT2D eigenvalue weighted by Crippen LogP contribution is 2.23. The van der Waals surface area contributed by atoms with E-state index in [0.29, 0.717) is 30.6 Å². The van der Waals surface area contributed by atoms with Gasteiger partial charge in [0.15, 0.2) is 0 Å². The van der Waals surface area contributed by atoms with Gasteiger partial charge in [-0.05, 0) is 43.5 Å². The van der Waals surface area contributed by atoms with Crippen LogP contribution in [0.5, 0.6) is 0 Å². The summed E-state index contributed by atoms with van der Waals surface area (Å²) in [6.45, 7) is 2.29. The van der Waals surface area contributed by atoms with E-state index in [9.17, 15) is 14.4 Å². The first-order chi connectivity index (χ1) is 10.5. The van der Waals surface area contributed by atoms with Crippen LogP contribution in [0.3, 0.4) is 0 Å². The second-order valence-electron chi connectivity index (χ2n) is 4.95. The molecule has 0 saturated carbocycles. The number of fused-ring (bicyclic) bond motifs is 1. The van der Waals surface area contributed by atoms with Crippen LogP contribution in [0.2, 0.25) is 0 Å². The number of nitrogens with one attached hydrogen (secondary N) is 3. The van der Waals surface area contributed by atoms with Gasteiger partial charge in [-0.1, -0.05) is 0 Å². The standard InChI is InChI=1S/C15H19N3O4/c1-3-16-15(21)18-12-7-4-9-8-10(14(20)22-2)5-6-11(9)17-13(12)19/h5-6,8,12H,3-4,7H2,1-2H3,(H,17,19)(H2,16,18,21). The van der Waals surface area contributed by atoms with E-state index in [2.05, 4.69) is 20.7 Å². The monoisotopic (exact) mass is 305 g/mol. The molecule has 0 fully saturated rings.